The predicted molar refractivity (Wildman–Crippen MR) is 123 cm³/mol. The number of aliphatic imine (C=N–C) groups is 1. The lowest BCUT2D eigenvalue weighted by Gasteiger charge is -2.11. The van der Waals surface area contributed by atoms with Crippen LogP contribution in [0.15, 0.2) is 58.1 Å². The Morgan fingerprint density at radius 1 is 1.25 bits per heavy atom. The highest BCUT2D eigenvalue weighted by Gasteiger charge is 2.32. The summed E-state index contributed by atoms with van der Waals surface area (Å²) >= 11 is 1.24. The number of alkyl halides is 3. The highest BCUT2D eigenvalue weighted by atomic mass is 32.2. The standard InChI is InChI=1S/C22H26F3N3O2S2/c1-32(29,30)17-8-4-5-15(13-17)19-9-10-20(31-19)18(14-21(26)22(23,24)25)28-12-11-27-16-6-2-3-7-16/h4-5,8-10,13-14,16,27H,2-3,6-7,11-12,26H2,1H3/b21-14-,28-18?. The summed E-state index contributed by atoms with van der Waals surface area (Å²) < 4.78 is 62.8. The molecule has 1 fully saturated rings. The SMILES string of the molecule is CS(=O)(=O)c1cccc(-c2ccc(C(/C=C(\N)C(F)(F)F)=NCCNC3CCCC3)s2)c1. The third kappa shape index (κ3) is 6.66. The Morgan fingerprint density at radius 2 is 1.97 bits per heavy atom. The van der Waals surface area contributed by atoms with Crippen molar-refractivity contribution < 1.29 is 21.6 Å². The van der Waals surface area contributed by atoms with Crippen LogP contribution in [0.4, 0.5) is 13.2 Å². The Kier molecular flexibility index (Phi) is 7.79. The third-order valence-electron chi connectivity index (χ3n) is 5.21. The number of nitrogens with zero attached hydrogens (tertiary/aromatic N) is 1. The molecule has 32 heavy (non-hydrogen) atoms. The molecule has 0 spiro atoms. The van der Waals surface area contributed by atoms with Crippen LogP contribution in [0.2, 0.25) is 0 Å². The molecule has 2 aromatic rings. The van der Waals surface area contributed by atoms with E-state index < -0.39 is 21.7 Å². The zero-order chi connectivity index (χ0) is 23.4. The van der Waals surface area contributed by atoms with Gasteiger partial charge in [-0.15, -0.1) is 11.3 Å². The summed E-state index contributed by atoms with van der Waals surface area (Å²) in [7, 11) is -3.37. The summed E-state index contributed by atoms with van der Waals surface area (Å²) in [6.45, 7) is 0.896. The van der Waals surface area contributed by atoms with Crippen molar-refractivity contribution in [3.05, 3.63) is 53.0 Å². The molecule has 0 unspecified atom stereocenters. The first-order valence-corrected chi connectivity index (χ1v) is 13.0. The van der Waals surface area contributed by atoms with Crippen molar-refractivity contribution in [2.45, 2.75) is 42.8 Å². The van der Waals surface area contributed by atoms with Gasteiger partial charge in [-0.3, -0.25) is 4.99 Å². The van der Waals surface area contributed by atoms with Gasteiger partial charge >= 0.3 is 6.18 Å². The van der Waals surface area contributed by atoms with Gasteiger partial charge in [-0.05, 0) is 48.7 Å². The highest BCUT2D eigenvalue weighted by Crippen LogP contribution is 2.31. The number of nitrogens with two attached hydrogens (primary N) is 1. The minimum atomic E-state index is -4.65. The van der Waals surface area contributed by atoms with E-state index >= 15 is 0 Å². The van der Waals surface area contributed by atoms with Gasteiger partial charge in [0.1, 0.15) is 5.70 Å². The van der Waals surface area contributed by atoms with Crippen molar-refractivity contribution in [3.8, 4) is 10.4 Å². The molecule has 0 bridgehead atoms. The van der Waals surface area contributed by atoms with E-state index in [0.717, 1.165) is 30.1 Å². The van der Waals surface area contributed by atoms with Crippen molar-refractivity contribution in [1.82, 2.24) is 5.32 Å². The first kappa shape index (κ1) is 24.5. The zero-order valence-electron chi connectivity index (χ0n) is 17.7. The minimum absolute atomic E-state index is 0.156. The number of hydrogen-bond donors (Lipinski definition) is 2. The molecule has 3 N–H and O–H groups in total. The third-order valence-corrected chi connectivity index (χ3v) is 7.47. The smallest absolute Gasteiger partial charge is 0.395 e. The second-order valence-corrected chi connectivity index (χ2v) is 10.9. The largest absolute Gasteiger partial charge is 0.430 e. The molecule has 1 saturated carbocycles. The number of rotatable bonds is 8. The lowest BCUT2D eigenvalue weighted by Crippen LogP contribution is -2.28. The molecule has 10 heteroatoms. The first-order valence-electron chi connectivity index (χ1n) is 10.3. The predicted octanol–water partition coefficient (Wildman–Crippen LogP) is 4.54. The molecular weight excluding hydrogens is 459 g/mol. The van der Waals surface area contributed by atoms with E-state index in [-0.39, 0.29) is 10.6 Å². The first-order chi connectivity index (χ1) is 15.0. The number of benzene rings is 1. The number of thiophene rings is 1. The monoisotopic (exact) mass is 485 g/mol. The van der Waals surface area contributed by atoms with Crippen LogP contribution in [0.1, 0.15) is 30.6 Å². The van der Waals surface area contributed by atoms with Crippen LogP contribution in [0.3, 0.4) is 0 Å². The Hall–Kier alpha value is -2.17. The molecule has 1 heterocycles. The number of nitrogens with one attached hydrogen (secondary N) is 1. The minimum Gasteiger partial charge on any atom is -0.395 e. The van der Waals surface area contributed by atoms with E-state index in [9.17, 15) is 21.6 Å². The molecule has 0 amide bonds. The van der Waals surface area contributed by atoms with Gasteiger partial charge in [0.15, 0.2) is 9.84 Å². The fourth-order valence-corrected chi connectivity index (χ4v) is 5.16. The Labute approximate surface area is 190 Å². The summed E-state index contributed by atoms with van der Waals surface area (Å²) in [5.41, 5.74) is 4.86. The topological polar surface area (TPSA) is 84.5 Å². The zero-order valence-corrected chi connectivity index (χ0v) is 19.3. The molecular formula is C22H26F3N3O2S2. The van der Waals surface area contributed by atoms with Crippen molar-refractivity contribution in [2.75, 3.05) is 19.3 Å². The van der Waals surface area contributed by atoms with Crippen LogP contribution in [0.25, 0.3) is 10.4 Å². The second kappa shape index (κ2) is 10.2. The van der Waals surface area contributed by atoms with Crippen molar-refractivity contribution >= 4 is 26.9 Å². The summed E-state index contributed by atoms with van der Waals surface area (Å²) in [6, 6.07) is 10.3. The van der Waals surface area contributed by atoms with E-state index in [2.05, 4.69) is 10.3 Å². The van der Waals surface area contributed by atoms with Crippen molar-refractivity contribution in [3.63, 3.8) is 0 Å². The van der Waals surface area contributed by atoms with E-state index in [1.807, 2.05) is 0 Å². The molecule has 174 valence electrons. The van der Waals surface area contributed by atoms with Crippen LogP contribution >= 0.6 is 11.3 Å². The maximum Gasteiger partial charge on any atom is 0.430 e. The highest BCUT2D eigenvalue weighted by molar-refractivity contribution is 7.90. The normalized spacial score (nSPS) is 16.6. The van der Waals surface area contributed by atoms with Gasteiger partial charge in [-0.25, -0.2) is 8.42 Å². The van der Waals surface area contributed by atoms with Gasteiger partial charge in [-0.2, -0.15) is 13.2 Å². The number of allylic oxidation sites excluding steroid dienone is 2. The lowest BCUT2D eigenvalue weighted by atomic mass is 10.2. The molecule has 1 aliphatic carbocycles. The maximum atomic E-state index is 13.0. The van der Waals surface area contributed by atoms with E-state index in [1.165, 1.54) is 30.2 Å². The van der Waals surface area contributed by atoms with E-state index in [4.69, 9.17) is 5.73 Å². The van der Waals surface area contributed by atoms with Crippen molar-refractivity contribution in [2.24, 2.45) is 10.7 Å². The van der Waals surface area contributed by atoms with Crippen LogP contribution in [0.5, 0.6) is 0 Å². The molecule has 5 nitrogen and oxygen atoms in total. The summed E-state index contributed by atoms with van der Waals surface area (Å²) in [6.07, 6.45) is 1.94. The lowest BCUT2D eigenvalue weighted by molar-refractivity contribution is -0.0925. The fourth-order valence-electron chi connectivity index (χ4n) is 3.51. The average Bonchev–Trinajstić information content (AvgIpc) is 3.41. The molecule has 3 rings (SSSR count). The van der Waals surface area contributed by atoms with Gasteiger partial charge in [0.25, 0.3) is 0 Å². The number of hydrogen-bond acceptors (Lipinski definition) is 6. The van der Waals surface area contributed by atoms with Gasteiger partial charge in [0, 0.05) is 23.7 Å². The second-order valence-electron chi connectivity index (χ2n) is 7.76. The van der Waals surface area contributed by atoms with Gasteiger partial charge in [-0.1, -0.05) is 25.0 Å². The maximum absolute atomic E-state index is 13.0. The fraction of sp³-hybridized carbons (Fsp3) is 0.409. The van der Waals surface area contributed by atoms with Crippen LogP contribution in [-0.4, -0.2) is 45.7 Å². The Morgan fingerprint density at radius 3 is 2.62 bits per heavy atom. The summed E-state index contributed by atoms with van der Waals surface area (Å²) in [4.78, 5) is 5.81. The number of halogens is 3. The molecule has 0 radical (unpaired) electrons. The van der Waals surface area contributed by atoms with Gasteiger partial charge in [0.05, 0.1) is 22.0 Å². The molecule has 1 aliphatic rings. The van der Waals surface area contributed by atoms with Gasteiger partial charge in [0.2, 0.25) is 0 Å². The van der Waals surface area contributed by atoms with Gasteiger partial charge < -0.3 is 11.1 Å². The summed E-state index contributed by atoms with van der Waals surface area (Å²) in [5, 5.41) is 3.39. The van der Waals surface area contributed by atoms with Crippen LogP contribution < -0.4 is 11.1 Å². The molecule has 0 saturated heterocycles. The Bertz CT molecular complexity index is 1100. The average molecular weight is 486 g/mol. The quantitative estimate of drug-likeness (QED) is 0.425. The van der Waals surface area contributed by atoms with E-state index in [1.54, 1.807) is 30.3 Å². The Balaban J connectivity index is 1.85. The molecule has 0 atom stereocenters. The summed E-state index contributed by atoms with van der Waals surface area (Å²) in [5.74, 6) is 0. The molecule has 0 aliphatic heterocycles. The number of sulfone groups is 1. The van der Waals surface area contributed by atoms with Crippen molar-refractivity contribution in [1.29, 1.82) is 0 Å². The van der Waals surface area contributed by atoms with E-state index in [0.29, 0.717) is 29.6 Å². The molecule has 1 aromatic carbocycles. The van der Waals surface area contributed by atoms with Crippen LogP contribution in [0, 0.1) is 0 Å². The molecule has 1 aromatic heterocycles. The van der Waals surface area contributed by atoms with Crippen LogP contribution in [-0.2, 0) is 9.84 Å².